The van der Waals surface area contributed by atoms with Crippen LogP contribution in [0.1, 0.15) is 36.5 Å². The smallest absolute Gasteiger partial charge is 0.231 e. The van der Waals surface area contributed by atoms with Crippen molar-refractivity contribution in [1.82, 2.24) is 15.5 Å². The molecule has 1 fully saturated rings. The van der Waals surface area contributed by atoms with Gasteiger partial charge in [-0.25, -0.2) is 0 Å². The van der Waals surface area contributed by atoms with Crippen LogP contribution >= 0.6 is 0 Å². The van der Waals surface area contributed by atoms with E-state index in [1.165, 1.54) is 0 Å². The maximum absolute atomic E-state index is 11.7. The molecule has 20 heavy (non-hydrogen) atoms. The van der Waals surface area contributed by atoms with E-state index in [-0.39, 0.29) is 11.8 Å². The second kappa shape index (κ2) is 5.86. The van der Waals surface area contributed by atoms with Crippen LogP contribution < -0.4 is 5.32 Å². The van der Waals surface area contributed by atoms with Crippen LogP contribution in [0.15, 0.2) is 34.9 Å². The van der Waals surface area contributed by atoms with Crippen molar-refractivity contribution in [2.24, 2.45) is 5.92 Å². The van der Waals surface area contributed by atoms with Gasteiger partial charge in [0.25, 0.3) is 0 Å². The van der Waals surface area contributed by atoms with Gasteiger partial charge in [0, 0.05) is 5.92 Å². The van der Waals surface area contributed by atoms with Crippen molar-refractivity contribution in [2.45, 2.75) is 32.2 Å². The fourth-order valence-corrected chi connectivity index (χ4v) is 2.19. The number of hydrogen-bond donors (Lipinski definition) is 1. The van der Waals surface area contributed by atoms with Gasteiger partial charge in [0.15, 0.2) is 5.82 Å². The van der Waals surface area contributed by atoms with Crippen LogP contribution in [0.5, 0.6) is 0 Å². The molecule has 1 aliphatic carbocycles. The van der Waals surface area contributed by atoms with E-state index >= 15 is 0 Å². The lowest BCUT2D eigenvalue weighted by Gasteiger charge is -2.23. The topological polar surface area (TPSA) is 68.0 Å². The number of nitrogens with zero attached hydrogens (tertiary/aromatic N) is 2. The summed E-state index contributed by atoms with van der Waals surface area (Å²) in [5.41, 5.74) is 1.13. The van der Waals surface area contributed by atoms with Crippen molar-refractivity contribution in [3.05, 3.63) is 47.6 Å². The molecule has 0 aliphatic heterocycles. The van der Waals surface area contributed by atoms with E-state index in [4.69, 9.17) is 4.52 Å². The molecule has 1 saturated carbocycles. The van der Waals surface area contributed by atoms with E-state index in [1.807, 2.05) is 30.3 Å². The first kappa shape index (κ1) is 12.8. The molecule has 0 bridgehead atoms. The number of amides is 1. The lowest BCUT2D eigenvalue weighted by molar-refractivity contribution is -0.127. The maximum atomic E-state index is 11.7. The van der Waals surface area contributed by atoms with Gasteiger partial charge in [-0.2, -0.15) is 4.98 Å². The van der Waals surface area contributed by atoms with Crippen LogP contribution in [0.2, 0.25) is 0 Å². The summed E-state index contributed by atoms with van der Waals surface area (Å²) < 4.78 is 5.19. The Morgan fingerprint density at radius 2 is 2.10 bits per heavy atom. The second-order valence-corrected chi connectivity index (χ2v) is 5.11. The summed E-state index contributed by atoms with van der Waals surface area (Å²) in [7, 11) is 0. The molecule has 0 saturated heterocycles. The van der Waals surface area contributed by atoms with Gasteiger partial charge in [-0.1, -0.05) is 41.9 Å². The van der Waals surface area contributed by atoms with Gasteiger partial charge in [-0.05, 0) is 18.4 Å². The van der Waals surface area contributed by atoms with E-state index in [2.05, 4.69) is 15.5 Å². The Morgan fingerprint density at radius 3 is 2.80 bits per heavy atom. The highest BCUT2D eigenvalue weighted by atomic mass is 16.5. The summed E-state index contributed by atoms with van der Waals surface area (Å²) in [4.78, 5) is 16.0. The third-order valence-electron chi connectivity index (χ3n) is 3.61. The van der Waals surface area contributed by atoms with Gasteiger partial charge in [-0.3, -0.25) is 4.79 Å². The van der Waals surface area contributed by atoms with Gasteiger partial charge in [0.05, 0.1) is 13.0 Å². The zero-order valence-electron chi connectivity index (χ0n) is 11.2. The number of rotatable bonds is 5. The Hall–Kier alpha value is -2.17. The maximum Gasteiger partial charge on any atom is 0.231 e. The Bertz CT molecular complexity index is 576. The number of hydrogen-bond acceptors (Lipinski definition) is 4. The minimum absolute atomic E-state index is 0.102. The van der Waals surface area contributed by atoms with E-state index in [1.54, 1.807) is 0 Å². The summed E-state index contributed by atoms with van der Waals surface area (Å²) >= 11 is 0. The van der Waals surface area contributed by atoms with Crippen molar-refractivity contribution in [3.63, 3.8) is 0 Å². The van der Waals surface area contributed by atoms with Crippen LogP contribution in [0.4, 0.5) is 0 Å². The molecule has 1 aromatic carbocycles. The molecule has 5 heteroatoms. The normalized spacial score (nSPS) is 14.8. The highest BCUT2D eigenvalue weighted by Gasteiger charge is 2.25. The third kappa shape index (κ3) is 3.04. The number of nitrogens with one attached hydrogen (secondary N) is 1. The summed E-state index contributed by atoms with van der Waals surface area (Å²) in [6, 6.07) is 9.96. The predicted molar refractivity (Wildman–Crippen MR) is 72.7 cm³/mol. The van der Waals surface area contributed by atoms with Crippen LogP contribution in [-0.4, -0.2) is 16.0 Å². The molecule has 0 spiro atoms. The molecule has 1 amide bonds. The quantitative estimate of drug-likeness (QED) is 0.904. The van der Waals surface area contributed by atoms with Crippen LogP contribution in [0.3, 0.4) is 0 Å². The molecule has 0 unspecified atom stereocenters. The van der Waals surface area contributed by atoms with Crippen molar-refractivity contribution < 1.29 is 9.32 Å². The summed E-state index contributed by atoms with van der Waals surface area (Å²) in [5.74, 6) is 1.39. The summed E-state index contributed by atoms with van der Waals surface area (Å²) in [6.07, 6.45) is 3.76. The monoisotopic (exact) mass is 271 g/mol. The molecule has 5 nitrogen and oxygen atoms in total. The molecule has 1 aliphatic rings. The Labute approximate surface area is 117 Å². The molecule has 3 rings (SSSR count). The van der Waals surface area contributed by atoms with Gasteiger partial charge in [0.2, 0.25) is 11.8 Å². The minimum atomic E-state index is 0.102. The van der Waals surface area contributed by atoms with Gasteiger partial charge in [-0.15, -0.1) is 0 Å². The van der Waals surface area contributed by atoms with Gasteiger partial charge < -0.3 is 9.84 Å². The summed E-state index contributed by atoms with van der Waals surface area (Å²) in [6.45, 7) is 0.341. The predicted octanol–water partition coefficient (Wildman–Crippen LogP) is 2.08. The van der Waals surface area contributed by atoms with Crippen molar-refractivity contribution >= 4 is 5.91 Å². The molecule has 0 atom stereocenters. The van der Waals surface area contributed by atoms with Crippen LogP contribution in [-0.2, 0) is 17.8 Å². The first-order valence-electron chi connectivity index (χ1n) is 6.94. The van der Waals surface area contributed by atoms with Crippen LogP contribution in [0.25, 0.3) is 0 Å². The van der Waals surface area contributed by atoms with Gasteiger partial charge >= 0.3 is 0 Å². The average Bonchev–Trinajstić information content (AvgIpc) is 2.83. The Morgan fingerprint density at radius 1 is 1.30 bits per heavy atom. The SMILES string of the molecule is O=C(NCc1noc(Cc2ccccc2)n1)C1CCC1. The average molecular weight is 271 g/mol. The number of carbonyl (C=O) groups excluding carboxylic acids is 1. The van der Waals surface area contributed by atoms with Gasteiger partial charge in [0.1, 0.15) is 0 Å². The number of carbonyl (C=O) groups is 1. The zero-order chi connectivity index (χ0) is 13.8. The van der Waals surface area contributed by atoms with E-state index in [9.17, 15) is 4.79 Å². The molecular weight excluding hydrogens is 254 g/mol. The Balaban J connectivity index is 1.52. The van der Waals surface area contributed by atoms with Crippen molar-refractivity contribution in [2.75, 3.05) is 0 Å². The molecular formula is C15H17N3O2. The largest absolute Gasteiger partial charge is 0.348 e. The fraction of sp³-hybridized carbons (Fsp3) is 0.400. The molecule has 1 N–H and O–H groups in total. The van der Waals surface area contributed by atoms with E-state index in [0.29, 0.717) is 24.7 Å². The zero-order valence-corrected chi connectivity index (χ0v) is 11.2. The van der Waals surface area contributed by atoms with Crippen molar-refractivity contribution in [3.8, 4) is 0 Å². The van der Waals surface area contributed by atoms with E-state index in [0.717, 1.165) is 24.8 Å². The van der Waals surface area contributed by atoms with Crippen LogP contribution in [0, 0.1) is 5.92 Å². The lowest BCUT2D eigenvalue weighted by Crippen LogP contribution is -2.34. The Kier molecular flexibility index (Phi) is 3.76. The second-order valence-electron chi connectivity index (χ2n) is 5.11. The first-order chi connectivity index (χ1) is 9.81. The van der Waals surface area contributed by atoms with Crippen molar-refractivity contribution in [1.29, 1.82) is 0 Å². The number of benzene rings is 1. The summed E-state index contributed by atoms with van der Waals surface area (Å²) in [5, 5.41) is 6.74. The molecule has 1 heterocycles. The lowest BCUT2D eigenvalue weighted by atomic mass is 9.85. The fourth-order valence-electron chi connectivity index (χ4n) is 2.19. The molecule has 2 aromatic rings. The molecule has 104 valence electrons. The standard InChI is InChI=1S/C15H17N3O2/c19-15(12-7-4-8-12)16-10-13-17-14(20-18-13)9-11-5-2-1-3-6-11/h1-3,5-6,12H,4,7-10H2,(H,16,19). The molecule has 1 aromatic heterocycles. The highest BCUT2D eigenvalue weighted by molar-refractivity contribution is 5.79. The minimum Gasteiger partial charge on any atom is -0.348 e. The van der Waals surface area contributed by atoms with E-state index < -0.39 is 0 Å². The third-order valence-corrected chi connectivity index (χ3v) is 3.61. The highest BCUT2D eigenvalue weighted by Crippen LogP contribution is 2.26. The molecule has 0 radical (unpaired) electrons. The first-order valence-corrected chi connectivity index (χ1v) is 6.94. The number of aromatic nitrogens is 2.